The maximum absolute atomic E-state index is 8.81. The Morgan fingerprint density at radius 1 is 1.38 bits per heavy atom. The molecule has 1 heterocycles. The lowest BCUT2D eigenvalue weighted by Gasteiger charge is -2.10. The van der Waals surface area contributed by atoms with Crippen LogP contribution in [0.15, 0.2) is 21.3 Å². The van der Waals surface area contributed by atoms with E-state index < -0.39 is 0 Å². The molecule has 0 bridgehead atoms. The lowest BCUT2D eigenvalue weighted by Crippen LogP contribution is -2.27. The van der Waals surface area contributed by atoms with Crippen LogP contribution >= 0.6 is 31.9 Å². The highest BCUT2D eigenvalue weighted by molar-refractivity contribution is 9.11. The molecular formula is C8H10Br2N2O. The summed E-state index contributed by atoms with van der Waals surface area (Å²) in [6, 6.07) is -0.227. The van der Waals surface area contributed by atoms with E-state index in [2.05, 4.69) is 36.8 Å². The fourth-order valence-electron chi connectivity index (χ4n) is 0.960. The zero-order valence-electron chi connectivity index (χ0n) is 6.87. The third-order valence-corrected chi connectivity index (χ3v) is 3.02. The van der Waals surface area contributed by atoms with Crippen molar-refractivity contribution in [1.82, 2.24) is 4.98 Å². The minimum Gasteiger partial charge on any atom is -0.395 e. The number of aromatic nitrogens is 1. The number of nitrogens with two attached hydrogens (primary N) is 1. The van der Waals surface area contributed by atoms with Crippen LogP contribution in [0, 0.1) is 0 Å². The van der Waals surface area contributed by atoms with Crippen molar-refractivity contribution < 1.29 is 5.11 Å². The lowest BCUT2D eigenvalue weighted by molar-refractivity contribution is 0.265. The third-order valence-electron chi connectivity index (χ3n) is 1.65. The van der Waals surface area contributed by atoms with Crippen LogP contribution in [-0.4, -0.2) is 22.7 Å². The second-order valence-corrected chi connectivity index (χ2v) is 4.44. The first-order chi connectivity index (χ1) is 6.15. The summed E-state index contributed by atoms with van der Waals surface area (Å²) in [5.41, 5.74) is 6.67. The molecule has 1 aromatic rings. The number of aliphatic hydroxyl groups excluding tert-OH is 1. The van der Waals surface area contributed by atoms with Crippen LogP contribution in [-0.2, 0) is 6.42 Å². The van der Waals surface area contributed by atoms with Crippen molar-refractivity contribution in [3.05, 3.63) is 26.9 Å². The summed E-state index contributed by atoms with van der Waals surface area (Å²) >= 11 is 6.75. The molecule has 0 saturated carbocycles. The Bertz CT molecular complexity index is 273. The molecule has 1 atom stereocenters. The highest BCUT2D eigenvalue weighted by Crippen LogP contribution is 2.24. The number of halogens is 2. The van der Waals surface area contributed by atoms with E-state index in [1.807, 2.05) is 0 Å². The van der Waals surface area contributed by atoms with Crippen molar-refractivity contribution in [2.24, 2.45) is 5.73 Å². The van der Waals surface area contributed by atoms with Gasteiger partial charge in [0.15, 0.2) is 0 Å². The number of hydrogen-bond donors (Lipinski definition) is 2. The first-order valence-corrected chi connectivity index (χ1v) is 5.38. The Hall–Kier alpha value is 0.0300. The molecule has 0 aliphatic rings. The highest BCUT2D eigenvalue weighted by atomic mass is 79.9. The second kappa shape index (κ2) is 5.05. The number of aliphatic hydroxyl groups is 1. The number of rotatable bonds is 3. The monoisotopic (exact) mass is 308 g/mol. The fourth-order valence-corrected chi connectivity index (χ4v) is 2.21. The molecule has 5 heteroatoms. The lowest BCUT2D eigenvalue weighted by atomic mass is 10.1. The molecule has 3 N–H and O–H groups in total. The molecule has 3 nitrogen and oxygen atoms in total. The predicted octanol–water partition coefficient (Wildman–Crippen LogP) is 1.47. The van der Waals surface area contributed by atoms with E-state index in [0.29, 0.717) is 6.42 Å². The second-order valence-electron chi connectivity index (χ2n) is 2.73. The van der Waals surface area contributed by atoms with Gasteiger partial charge in [-0.3, -0.25) is 4.98 Å². The van der Waals surface area contributed by atoms with E-state index in [4.69, 9.17) is 10.8 Å². The minimum absolute atomic E-state index is 0.0127. The molecule has 0 aliphatic heterocycles. The smallest absolute Gasteiger partial charge is 0.0585 e. The van der Waals surface area contributed by atoms with Gasteiger partial charge in [-0.05, 0) is 43.8 Å². The fraction of sp³-hybridized carbons (Fsp3) is 0.375. The molecule has 0 aromatic carbocycles. The van der Waals surface area contributed by atoms with Gasteiger partial charge in [0.2, 0.25) is 0 Å². The summed E-state index contributed by atoms with van der Waals surface area (Å²) in [6.07, 6.45) is 4.05. The standard InChI is InChI=1S/C8H10Br2N2O/c9-7-2-12-3-8(10)6(7)1-5(11)4-13/h2-3,5,13H,1,4,11H2. The Balaban J connectivity index is 2.87. The molecule has 0 spiro atoms. The van der Waals surface area contributed by atoms with Crippen LogP contribution in [0.4, 0.5) is 0 Å². The number of hydrogen-bond acceptors (Lipinski definition) is 3. The molecule has 1 unspecified atom stereocenters. The Morgan fingerprint density at radius 2 is 1.92 bits per heavy atom. The molecule has 0 radical (unpaired) electrons. The van der Waals surface area contributed by atoms with E-state index in [1.165, 1.54) is 0 Å². The topological polar surface area (TPSA) is 59.1 Å². The first-order valence-electron chi connectivity index (χ1n) is 3.79. The molecule has 0 aliphatic carbocycles. The van der Waals surface area contributed by atoms with Crippen molar-refractivity contribution in [3.8, 4) is 0 Å². The summed E-state index contributed by atoms with van der Waals surface area (Å²) in [7, 11) is 0. The van der Waals surface area contributed by atoms with E-state index in [9.17, 15) is 0 Å². The minimum atomic E-state index is -0.227. The van der Waals surface area contributed by atoms with Crippen LogP contribution in [0.3, 0.4) is 0 Å². The summed E-state index contributed by atoms with van der Waals surface area (Å²) in [6.45, 7) is -0.0127. The van der Waals surface area contributed by atoms with Gasteiger partial charge in [0, 0.05) is 27.4 Å². The maximum Gasteiger partial charge on any atom is 0.0585 e. The van der Waals surface area contributed by atoms with Crippen molar-refractivity contribution in [3.63, 3.8) is 0 Å². The normalized spacial score (nSPS) is 12.9. The Morgan fingerprint density at radius 3 is 2.38 bits per heavy atom. The van der Waals surface area contributed by atoms with E-state index in [-0.39, 0.29) is 12.6 Å². The summed E-state index contributed by atoms with van der Waals surface area (Å²) < 4.78 is 1.82. The average Bonchev–Trinajstić information content (AvgIpc) is 2.11. The van der Waals surface area contributed by atoms with Crippen molar-refractivity contribution in [1.29, 1.82) is 0 Å². The van der Waals surface area contributed by atoms with Gasteiger partial charge >= 0.3 is 0 Å². The Kier molecular flexibility index (Phi) is 4.31. The van der Waals surface area contributed by atoms with Gasteiger partial charge in [-0.2, -0.15) is 0 Å². The van der Waals surface area contributed by atoms with E-state index in [0.717, 1.165) is 14.5 Å². The molecule has 1 aromatic heterocycles. The van der Waals surface area contributed by atoms with Crippen LogP contribution in [0.5, 0.6) is 0 Å². The number of pyridine rings is 1. The zero-order valence-corrected chi connectivity index (χ0v) is 10.0. The van der Waals surface area contributed by atoms with Crippen molar-refractivity contribution >= 4 is 31.9 Å². The van der Waals surface area contributed by atoms with Gasteiger partial charge in [0.25, 0.3) is 0 Å². The molecule has 13 heavy (non-hydrogen) atoms. The SMILES string of the molecule is NC(CO)Cc1c(Br)cncc1Br. The summed E-state index contributed by atoms with van der Waals surface area (Å²) in [5, 5.41) is 8.81. The molecule has 0 amide bonds. The van der Waals surface area contributed by atoms with Gasteiger partial charge in [0.05, 0.1) is 6.61 Å². The van der Waals surface area contributed by atoms with Gasteiger partial charge < -0.3 is 10.8 Å². The molecule has 0 fully saturated rings. The molecule has 0 saturated heterocycles. The van der Waals surface area contributed by atoms with Gasteiger partial charge in [-0.25, -0.2) is 0 Å². The first kappa shape index (κ1) is 11.1. The van der Waals surface area contributed by atoms with Crippen LogP contribution in [0.2, 0.25) is 0 Å². The molecular weight excluding hydrogens is 300 g/mol. The van der Waals surface area contributed by atoms with E-state index >= 15 is 0 Å². The largest absolute Gasteiger partial charge is 0.395 e. The maximum atomic E-state index is 8.81. The van der Waals surface area contributed by atoms with Crippen LogP contribution in [0.1, 0.15) is 5.56 Å². The molecule has 72 valence electrons. The Labute approximate surface area is 93.6 Å². The quantitative estimate of drug-likeness (QED) is 0.889. The average molecular weight is 310 g/mol. The third kappa shape index (κ3) is 3.02. The van der Waals surface area contributed by atoms with E-state index in [1.54, 1.807) is 12.4 Å². The van der Waals surface area contributed by atoms with Gasteiger partial charge in [-0.1, -0.05) is 0 Å². The summed E-state index contributed by atoms with van der Waals surface area (Å²) in [5.74, 6) is 0. The predicted molar refractivity (Wildman–Crippen MR) is 58.4 cm³/mol. The zero-order chi connectivity index (χ0) is 9.84. The van der Waals surface area contributed by atoms with Crippen LogP contribution < -0.4 is 5.73 Å². The highest BCUT2D eigenvalue weighted by Gasteiger charge is 2.09. The summed E-state index contributed by atoms with van der Waals surface area (Å²) in [4.78, 5) is 3.98. The van der Waals surface area contributed by atoms with Gasteiger partial charge in [0.1, 0.15) is 0 Å². The van der Waals surface area contributed by atoms with Crippen molar-refractivity contribution in [2.45, 2.75) is 12.5 Å². The van der Waals surface area contributed by atoms with Crippen molar-refractivity contribution in [2.75, 3.05) is 6.61 Å². The number of nitrogens with zero attached hydrogens (tertiary/aromatic N) is 1. The van der Waals surface area contributed by atoms with Gasteiger partial charge in [-0.15, -0.1) is 0 Å². The molecule has 1 rings (SSSR count). The van der Waals surface area contributed by atoms with Crippen LogP contribution in [0.25, 0.3) is 0 Å².